The summed E-state index contributed by atoms with van der Waals surface area (Å²) < 4.78 is 1.88. The highest BCUT2D eigenvalue weighted by atomic mass is 15.3. The Morgan fingerprint density at radius 3 is 2.60 bits per heavy atom. The topological polar surface area (TPSA) is 56.7 Å². The summed E-state index contributed by atoms with van der Waals surface area (Å²) in [5.74, 6) is 2.91. The second-order valence-corrected chi connectivity index (χ2v) is 8.24. The van der Waals surface area contributed by atoms with Crippen molar-refractivity contribution in [1.82, 2.24) is 14.8 Å². The number of hydrogen-bond donors (Lipinski definition) is 1. The first-order valence-electron chi connectivity index (χ1n) is 8.07. The molecule has 3 atom stereocenters. The minimum atomic E-state index is 0.246. The lowest BCUT2D eigenvalue weighted by Crippen LogP contribution is -2.58. The Kier molecular flexibility index (Phi) is 2.60. The van der Waals surface area contributed by atoms with E-state index in [2.05, 4.69) is 17.0 Å². The van der Waals surface area contributed by atoms with Crippen LogP contribution in [0.1, 0.15) is 51.3 Å². The molecule has 4 saturated carbocycles. The maximum Gasteiger partial charge on any atom is 0.138 e. The summed E-state index contributed by atoms with van der Waals surface area (Å²) in [6.45, 7) is 2.51. The Labute approximate surface area is 121 Å². The van der Waals surface area contributed by atoms with Gasteiger partial charge < -0.3 is 5.73 Å². The maximum atomic E-state index is 6.71. The Morgan fingerprint density at radius 1 is 1.35 bits per heavy atom. The van der Waals surface area contributed by atoms with E-state index in [0.717, 1.165) is 24.1 Å². The molecular formula is C16H26N4. The fraction of sp³-hybridized carbons (Fsp3) is 0.875. The molecule has 4 aliphatic rings. The molecule has 4 heteroatoms. The number of hydrogen-bond acceptors (Lipinski definition) is 3. The van der Waals surface area contributed by atoms with Crippen molar-refractivity contribution in [1.29, 1.82) is 0 Å². The van der Waals surface area contributed by atoms with E-state index in [1.807, 2.05) is 11.7 Å². The fourth-order valence-electron chi connectivity index (χ4n) is 6.15. The summed E-state index contributed by atoms with van der Waals surface area (Å²) in [6.07, 6.45) is 10.9. The van der Waals surface area contributed by atoms with Crippen LogP contribution in [0.4, 0.5) is 0 Å². The summed E-state index contributed by atoms with van der Waals surface area (Å²) in [5.41, 5.74) is 7.66. The highest BCUT2D eigenvalue weighted by Gasteiger charge is 2.57. The van der Waals surface area contributed by atoms with Gasteiger partial charge >= 0.3 is 0 Å². The predicted molar refractivity (Wildman–Crippen MR) is 77.9 cm³/mol. The van der Waals surface area contributed by atoms with Crippen LogP contribution < -0.4 is 5.73 Å². The van der Waals surface area contributed by atoms with E-state index in [1.165, 1.54) is 38.5 Å². The Hall–Kier alpha value is -0.900. The Morgan fingerprint density at radius 2 is 2.05 bits per heavy atom. The fourth-order valence-corrected chi connectivity index (χ4v) is 6.15. The third kappa shape index (κ3) is 1.84. The van der Waals surface area contributed by atoms with Crippen LogP contribution in [-0.2, 0) is 13.5 Å². The van der Waals surface area contributed by atoms with E-state index in [4.69, 9.17) is 5.73 Å². The Bertz CT molecular complexity index is 506. The van der Waals surface area contributed by atoms with E-state index in [0.29, 0.717) is 10.8 Å². The second-order valence-electron chi connectivity index (χ2n) is 8.24. The van der Waals surface area contributed by atoms with Crippen LogP contribution in [0.25, 0.3) is 0 Å². The van der Waals surface area contributed by atoms with Crippen molar-refractivity contribution in [3.8, 4) is 0 Å². The monoisotopic (exact) mass is 274 g/mol. The number of nitrogens with zero attached hydrogens (tertiary/aromatic N) is 3. The zero-order chi connectivity index (χ0) is 14.0. The smallest absolute Gasteiger partial charge is 0.138 e. The van der Waals surface area contributed by atoms with Crippen LogP contribution in [-0.4, -0.2) is 20.8 Å². The number of rotatable bonds is 3. The van der Waals surface area contributed by atoms with Gasteiger partial charge in [-0.1, -0.05) is 6.92 Å². The summed E-state index contributed by atoms with van der Waals surface area (Å²) >= 11 is 0. The molecule has 0 aromatic carbocycles. The molecule has 5 rings (SSSR count). The largest absolute Gasteiger partial charge is 0.327 e. The van der Waals surface area contributed by atoms with Crippen molar-refractivity contribution in [2.24, 2.45) is 35.4 Å². The van der Waals surface area contributed by atoms with E-state index in [-0.39, 0.29) is 6.04 Å². The first-order valence-corrected chi connectivity index (χ1v) is 8.07. The highest BCUT2D eigenvalue weighted by molar-refractivity contribution is 5.10. The van der Waals surface area contributed by atoms with Crippen LogP contribution in [0.15, 0.2) is 6.33 Å². The van der Waals surface area contributed by atoms with Crippen molar-refractivity contribution < 1.29 is 0 Å². The van der Waals surface area contributed by atoms with Crippen LogP contribution in [0, 0.1) is 22.7 Å². The van der Waals surface area contributed by atoms with Crippen molar-refractivity contribution in [3.05, 3.63) is 12.2 Å². The normalized spacial score (nSPS) is 44.0. The van der Waals surface area contributed by atoms with E-state index in [1.54, 1.807) is 6.33 Å². The molecule has 1 aromatic heterocycles. The van der Waals surface area contributed by atoms with Crippen molar-refractivity contribution in [2.45, 2.75) is 57.9 Å². The molecule has 110 valence electrons. The molecule has 4 nitrogen and oxygen atoms in total. The van der Waals surface area contributed by atoms with E-state index in [9.17, 15) is 0 Å². The minimum Gasteiger partial charge on any atom is -0.327 e. The van der Waals surface area contributed by atoms with Gasteiger partial charge in [-0.3, -0.25) is 4.68 Å². The molecule has 1 heterocycles. The summed E-state index contributed by atoms with van der Waals surface area (Å²) in [7, 11) is 1.97. The molecule has 2 N–H and O–H groups in total. The molecule has 0 saturated heterocycles. The number of aromatic nitrogens is 3. The molecule has 0 amide bonds. The number of nitrogens with two attached hydrogens (primary N) is 1. The van der Waals surface area contributed by atoms with Gasteiger partial charge in [-0.05, 0) is 61.2 Å². The molecule has 0 aliphatic heterocycles. The lowest BCUT2D eigenvalue weighted by Gasteiger charge is -2.63. The average Bonchev–Trinajstić information content (AvgIpc) is 2.71. The minimum absolute atomic E-state index is 0.246. The van der Waals surface area contributed by atoms with Gasteiger partial charge in [0.1, 0.15) is 12.2 Å². The van der Waals surface area contributed by atoms with Gasteiger partial charge in [0.15, 0.2) is 0 Å². The molecule has 1 aromatic rings. The molecule has 3 unspecified atom stereocenters. The lowest BCUT2D eigenvalue weighted by molar-refractivity contribution is -0.113. The predicted octanol–water partition coefficient (Wildman–Crippen LogP) is 2.29. The zero-order valence-corrected chi connectivity index (χ0v) is 12.7. The first kappa shape index (κ1) is 12.8. The van der Waals surface area contributed by atoms with Gasteiger partial charge in [-0.2, -0.15) is 5.10 Å². The first-order chi connectivity index (χ1) is 9.48. The second kappa shape index (κ2) is 4.06. The van der Waals surface area contributed by atoms with Gasteiger partial charge in [-0.15, -0.1) is 0 Å². The van der Waals surface area contributed by atoms with Crippen molar-refractivity contribution in [2.75, 3.05) is 0 Å². The van der Waals surface area contributed by atoms with E-state index >= 15 is 0 Å². The standard InChI is InChI=1S/C16H26N4/c1-15-5-11-3-12(6-15)8-16(7-11,9-15)13(17)4-14-18-10-19-20(14)2/h10-13H,3-9,17H2,1-2H3. The highest BCUT2D eigenvalue weighted by Crippen LogP contribution is 2.66. The van der Waals surface area contributed by atoms with Gasteiger partial charge in [0.25, 0.3) is 0 Å². The molecule has 4 fully saturated rings. The molecule has 4 bridgehead atoms. The molecule has 4 aliphatic carbocycles. The third-order valence-corrected chi connectivity index (χ3v) is 6.39. The third-order valence-electron chi connectivity index (χ3n) is 6.39. The summed E-state index contributed by atoms with van der Waals surface area (Å²) in [5, 5.41) is 4.18. The van der Waals surface area contributed by atoms with Gasteiger partial charge in [0.05, 0.1) is 0 Å². The van der Waals surface area contributed by atoms with Crippen molar-refractivity contribution >= 4 is 0 Å². The van der Waals surface area contributed by atoms with Crippen LogP contribution in [0.5, 0.6) is 0 Å². The zero-order valence-electron chi connectivity index (χ0n) is 12.7. The maximum absolute atomic E-state index is 6.71. The van der Waals surface area contributed by atoms with Crippen LogP contribution in [0.2, 0.25) is 0 Å². The van der Waals surface area contributed by atoms with Crippen LogP contribution >= 0.6 is 0 Å². The van der Waals surface area contributed by atoms with E-state index < -0.39 is 0 Å². The average molecular weight is 274 g/mol. The molecule has 0 spiro atoms. The molecule has 0 radical (unpaired) electrons. The molecule has 20 heavy (non-hydrogen) atoms. The van der Waals surface area contributed by atoms with Crippen LogP contribution in [0.3, 0.4) is 0 Å². The van der Waals surface area contributed by atoms with Gasteiger partial charge in [-0.25, -0.2) is 4.98 Å². The molecular weight excluding hydrogens is 248 g/mol. The SMILES string of the molecule is Cn1ncnc1CC(N)C12CC3CC(CC(C)(C3)C1)C2. The van der Waals surface area contributed by atoms with Gasteiger partial charge in [0.2, 0.25) is 0 Å². The lowest BCUT2D eigenvalue weighted by atomic mass is 9.43. The number of aryl methyl sites for hydroxylation is 1. The summed E-state index contributed by atoms with van der Waals surface area (Å²) in [6, 6.07) is 0.246. The summed E-state index contributed by atoms with van der Waals surface area (Å²) in [4.78, 5) is 4.37. The quantitative estimate of drug-likeness (QED) is 0.920. The van der Waals surface area contributed by atoms with Gasteiger partial charge in [0, 0.05) is 19.5 Å². The van der Waals surface area contributed by atoms with Crippen molar-refractivity contribution in [3.63, 3.8) is 0 Å². The Balaban J connectivity index is 1.59.